The number of hydrogen-bond donors (Lipinski definition) is 2. The fraction of sp³-hybridized carbons (Fsp3) is 0.467. The van der Waals surface area contributed by atoms with Crippen LogP contribution in [0.15, 0.2) is 48.5 Å². The monoisotopic (exact) mass is 645 g/mol. The van der Waals surface area contributed by atoms with E-state index in [1.165, 1.54) is 6.07 Å². The number of carbonyl (C=O) groups is 4. The second-order valence-corrected chi connectivity index (χ2v) is 11.4. The number of benzene rings is 2. The second kappa shape index (κ2) is 13.8. The molecule has 0 bridgehead atoms. The van der Waals surface area contributed by atoms with E-state index in [4.69, 9.17) is 9.47 Å². The van der Waals surface area contributed by atoms with Crippen LogP contribution in [-0.4, -0.2) is 59.6 Å². The van der Waals surface area contributed by atoms with Crippen LogP contribution in [0.1, 0.15) is 50.8 Å². The molecule has 2 aromatic rings. The zero-order valence-corrected chi connectivity index (χ0v) is 24.8. The highest BCUT2D eigenvalue weighted by molar-refractivity contribution is 5.98. The number of hydrogen-bond acceptors (Lipinski definition) is 6. The van der Waals surface area contributed by atoms with E-state index >= 15 is 0 Å². The SMILES string of the molecule is CCOC(=O)C1CC(C(=O)NC(Cc2ccc(C(F)(F)F)cc2)C(=O)Nc2cccc(C(F)(F)F)c2)N(C(=O)OC(C)(C)C)C1. The average molecular weight is 646 g/mol. The lowest BCUT2D eigenvalue weighted by atomic mass is 10.0. The number of anilines is 1. The standard InChI is InChI=1S/C30H33F6N3O6/c1-5-44-26(42)18-14-23(39(16-18)27(43)45-28(2,3)4)25(41)38-22(13-17-9-11-19(12-10-17)29(31,32)33)24(40)37-21-8-6-7-20(15-21)30(34,35)36/h6-12,15,18,22-23H,5,13-14,16H2,1-4H3,(H,37,40)(H,38,41). The van der Waals surface area contributed by atoms with Gasteiger partial charge in [0.1, 0.15) is 17.7 Å². The molecule has 1 aliphatic heterocycles. The molecule has 3 atom stereocenters. The lowest BCUT2D eigenvalue weighted by molar-refractivity contribution is -0.147. The van der Waals surface area contributed by atoms with Crippen molar-refractivity contribution >= 4 is 29.6 Å². The molecule has 9 nitrogen and oxygen atoms in total. The first-order valence-electron chi connectivity index (χ1n) is 13.9. The molecule has 0 saturated carbocycles. The van der Waals surface area contributed by atoms with Crippen LogP contribution in [0.2, 0.25) is 0 Å². The molecule has 2 aromatic carbocycles. The third-order valence-corrected chi connectivity index (χ3v) is 6.66. The fourth-order valence-corrected chi connectivity index (χ4v) is 4.58. The van der Waals surface area contributed by atoms with E-state index in [9.17, 15) is 45.5 Å². The van der Waals surface area contributed by atoms with Gasteiger partial charge < -0.3 is 20.1 Å². The Morgan fingerprint density at radius 3 is 2.11 bits per heavy atom. The quantitative estimate of drug-likeness (QED) is 0.286. The number of nitrogens with zero attached hydrogens (tertiary/aromatic N) is 1. The molecule has 1 saturated heterocycles. The van der Waals surface area contributed by atoms with Gasteiger partial charge in [-0.3, -0.25) is 19.3 Å². The van der Waals surface area contributed by atoms with Gasteiger partial charge >= 0.3 is 24.4 Å². The molecular formula is C30H33F6N3O6. The molecule has 3 rings (SSSR count). The minimum atomic E-state index is -4.71. The van der Waals surface area contributed by atoms with Crippen LogP contribution >= 0.6 is 0 Å². The van der Waals surface area contributed by atoms with Gasteiger partial charge in [-0.1, -0.05) is 18.2 Å². The highest BCUT2D eigenvalue weighted by atomic mass is 19.4. The molecule has 2 N–H and O–H groups in total. The van der Waals surface area contributed by atoms with Gasteiger partial charge in [0.15, 0.2) is 0 Å². The summed E-state index contributed by atoms with van der Waals surface area (Å²) in [5, 5.41) is 4.76. The summed E-state index contributed by atoms with van der Waals surface area (Å²) < 4.78 is 89.4. The van der Waals surface area contributed by atoms with Gasteiger partial charge in [0, 0.05) is 18.7 Å². The topological polar surface area (TPSA) is 114 Å². The van der Waals surface area contributed by atoms with E-state index < -0.39 is 71.0 Å². The van der Waals surface area contributed by atoms with E-state index in [1.807, 2.05) is 0 Å². The van der Waals surface area contributed by atoms with Crippen molar-refractivity contribution in [2.75, 3.05) is 18.5 Å². The van der Waals surface area contributed by atoms with Crippen molar-refractivity contribution in [2.45, 2.75) is 70.6 Å². The van der Waals surface area contributed by atoms with Gasteiger partial charge in [0.2, 0.25) is 11.8 Å². The zero-order chi connectivity index (χ0) is 33.7. The molecule has 3 amide bonds. The summed E-state index contributed by atoms with van der Waals surface area (Å²) in [6.45, 7) is 6.18. The number of esters is 1. The molecule has 1 fully saturated rings. The van der Waals surface area contributed by atoms with Crippen molar-refractivity contribution in [3.63, 3.8) is 0 Å². The Hall–Kier alpha value is -4.30. The van der Waals surface area contributed by atoms with E-state index in [-0.39, 0.29) is 37.2 Å². The summed E-state index contributed by atoms with van der Waals surface area (Å²) in [5.41, 5.74) is -3.03. The summed E-state index contributed by atoms with van der Waals surface area (Å²) in [6, 6.07) is 4.65. The van der Waals surface area contributed by atoms with E-state index in [1.54, 1.807) is 27.7 Å². The first-order chi connectivity index (χ1) is 20.8. The summed E-state index contributed by atoms with van der Waals surface area (Å²) in [4.78, 5) is 53.4. The predicted molar refractivity (Wildman–Crippen MR) is 149 cm³/mol. The maximum atomic E-state index is 13.6. The predicted octanol–water partition coefficient (Wildman–Crippen LogP) is 5.58. The average Bonchev–Trinajstić information content (AvgIpc) is 3.38. The van der Waals surface area contributed by atoms with Crippen LogP contribution in [0, 0.1) is 5.92 Å². The van der Waals surface area contributed by atoms with Gasteiger partial charge in [-0.05, 0) is 70.0 Å². The number of amides is 3. The number of alkyl halides is 6. The van der Waals surface area contributed by atoms with Gasteiger partial charge in [-0.15, -0.1) is 0 Å². The summed E-state index contributed by atoms with van der Waals surface area (Å²) >= 11 is 0. The Balaban J connectivity index is 1.91. The van der Waals surface area contributed by atoms with Crippen molar-refractivity contribution < 1.29 is 55.0 Å². The summed E-state index contributed by atoms with van der Waals surface area (Å²) in [6.07, 6.45) is -10.8. The van der Waals surface area contributed by atoms with Crippen molar-refractivity contribution in [3.8, 4) is 0 Å². The third kappa shape index (κ3) is 9.85. The van der Waals surface area contributed by atoms with E-state index in [2.05, 4.69) is 10.6 Å². The van der Waals surface area contributed by atoms with Crippen molar-refractivity contribution in [2.24, 2.45) is 5.92 Å². The molecule has 0 radical (unpaired) electrons. The van der Waals surface area contributed by atoms with Crippen molar-refractivity contribution in [3.05, 3.63) is 65.2 Å². The number of likely N-dealkylation sites (tertiary alicyclic amines) is 1. The van der Waals surface area contributed by atoms with Gasteiger partial charge in [-0.25, -0.2) is 4.79 Å². The molecule has 0 aliphatic carbocycles. The van der Waals surface area contributed by atoms with Crippen molar-refractivity contribution in [1.29, 1.82) is 0 Å². The van der Waals surface area contributed by atoms with Crippen LogP contribution in [0.4, 0.5) is 36.8 Å². The third-order valence-electron chi connectivity index (χ3n) is 6.66. The maximum absolute atomic E-state index is 13.6. The Morgan fingerprint density at radius 2 is 1.56 bits per heavy atom. The van der Waals surface area contributed by atoms with Crippen molar-refractivity contribution in [1.82, 2.24) is 10.2 Å². The Kier molecular flexibility index (Phi) is 10.8. The van der Waals surface area contributed by atoms with Crippen LogP contribution in [-0.2, 0) is 42.6 Å². The second-order valence-electron chi connectivity index (χ2n) is 11.4. The number of nitrogens with one attached hydrogen (secondary N) is 2. The number of carbonyl (C=O) groups excluding carboxylic acids is 4. The molecule has 3 unspecified atom stereocenters. The minimum Gasteiger partial charge on any atom is -0.466 e. The number of ether oxygens (including phenoxy) is 2. The number of rotatable bonds is 8. The summed E-state index contributed by atoms with van der Waals surface area (Å²) in [7, 11) is 0. The Bertz CT molecular complexity index is 1390. The molecule has 0 aromatic heterocycles. The molecule has 0 spiro atoms. The molecule has 1 heterocycles. The van der Waals surface area contributed by atoms with Crippen LogP contribution in [0.5, 0.6) is 0 Å². The lowest BCUT2D eigenvalue weighted by Crippen LogP contribution is -2.53. The molecule has 15 heteroatoms. The highest BCUT2D eigenvalue weighted by Crippen LogP contribution is 2.32. The minimum absolute atomic E-state index is 0.0452. The van der Waals surface area contributed by atoms with Crippen LogP contribution < -0.4 is 10.6 Å². The van der Waals surface area contributed by atoms with Gasteiger partial charge in [0.05, 0.1) is 23.7 Å². The largest absolute Gasteiger partial charge is 0.466 e. The van der Waals surface area contributed by atoms with Gasteiger partial charge in [0.25, 0.3) is 0 Å². The normalized spacial score (nSPS) is 17.8. The molecule has 246 valence electrons. The van der Waals surface area contributed by atoms with Crippen LogP contribution in [0.3, 0.4) is 0 Å². The Morgan fingerprint density at radius 1 is 0.933 bits per heavy atom. The first kappa shape index (κ1) is 35.2. The zero-order valence-electron chi connectivity index (χ0n) is 24.8. The highest BCUT2D eigenvalue weighted by Gasteiger charge is 2.45. The fourth-order valence-electron chi connectivity index (χ4n) is 4.58. The summed E-state index contributed by atoms with van der Waals surface area (Å²) in [5.74, 6) is -3.44. The molecule has 1 aliphatic rings. The van der Waals surface area contributed by atoms with E-state index in [0.717, 1.165) is 41.3 Å². The molecule has 45 heavy (non-hydrogen) atoms. The Labute approximate surface area is 255 Å². The van der Waals surface area contributed by atoms with Crippen LogP contribution in [0.25, 0.3) is 0 Å². The lowest BCUT2D eigenvalue weighted by Gasteiger charge is -2.29. The first-order valence-corrected chi connectivity index (χ1v) is 13.9. The van der Waals surface area contributed by atoms with E-state index in [0.29, 0.717) is 6.07 Å². The number of halogens is 6. The maximum Gasteiger partial charge on any atom is 0.416 e. The van der Waals surface area contributed by atoms with Gasteiger partial charge in [-0.2, -0.15) is 26.3 Å². The smallest absolute Gasteiger partial charge is 0.416 e. The molecular weight excluding hydrogens is 612 g/mol.